The third-order valence-electron chi connectivity index (χ3n) is 12.3. The van der Waals surface area contributed by atoms with Crippen molar-refractivity contribution in [3.8, 4) is 0 Å². The van der Waals surface area contributed by atoms with Gasteiger partial charge in [-0.2, -0.15) is 0 Å². The maximum Gasteiger partial charge on any atom is 0.348 e. The number of carbonyl (C=O) groups is 5. The van der Waals surface area contributed by atoms with E-state index in [9.17, 15) is 39.3 Å². The molecule has 3 aliphatic carbocycles. The third-order valence-corrected chi connectivity index (χ3v) is 12.3. The van der Waals surface area contributed by atoms with Crippen molar-refractivity contribution >= 4 is 29.8 Å². The zero-order valence-electron chi connectivity index (χ0n) is 33.9. The number of carbonyl (C=O) groups excluding carboxylic acids is 5. The molecule has 0 radical (unpaired) electrons. The average Bonchev–Trinajstić information content (AvgIpc) is 3.16. The van der Waals surface area contributed by atoms with Crippen molar-refractivity contribution in [2.45, 2.75) is 121 Å². The van der Waals surface area contributed by atoms with Crippen LogP contribution >= 0.6 is 0 Å². The summed E-state index contributed by atoms with van der Waals surface area (Å²) in [6.45, 7) is 7.89. The molecule has 7 unspecified atom stereocenters. The van der Waals surface area contributed by atoms with Crippen molar-refractivity contribution in [3.63, 3.8) is 0 Å². The zero-order valence-corrected chi connectivity index (χ0v) is 33.9. The van der Waals surface area contributed by atoms with Gasteiger partial charge in [0.1, 0.15) is 16.7 Å². The Kier molecular flexibility index (Phi) is 11.7. The second-order valence-corrected chi connectivity index (χ2v) is 16.8. The van der Waals surface area contributed by atoms with Gasteiger partial charge in [0.2, 0.25) is 5.79 Å². The predicted octanol–water partition coefficient (Wildman–Crippen LogP) is 6.01. The number of hydrogen-bond donors (Lipinski definition) is 3. The first kappa shape index (κ1) is 42.5. The summed E-state index contributed by atoms with van der Waals surface area (Å²) in [5, 5.41) is 31.8. The van der Waals surface area contributed by atoms with Gasteiger partial charge in [0.05, 0.1) is 5.57 Å². The molecular weight excluding hydrogens is 784 g/mol. The van der Waals surface area contributed by atoms with E-state index in [2.05, 4.69) is 0 Å². The molecule has 16 heteroatoms. The summed E-state index contributed by atoms with van der Waals surface area (Å²) in [5.41, 5.74) is -0.939. The minimum absolute atomic E-state index is 0.0738. The molecule has 16 nitrogen and oxygen atoms in total. The van der Waals surface area contributed by atoms with E-state index >= 15 is 0 Å². The summed E-state index contributed by atoms with van der Waals surface area (Å²) < 4.78 is 45.3. The highest BCUT2D eigenvalue weighted by Gasteiger charge is 2.57. The van der Waals surface area contributed by atoms with Gasteiger partial charge < -0.3 is 53.2 Å². The summed E-state index contributed by atoms with van der Waals surface area (Å²) in [4.78, 5) is 64.5. The fraction of sp³-hybridized carbons (Fsp3) is 0.523. The number of aliphatic hydroxyl groups is 3. The van der Waals surface area contributed by atoms with Crippen molar-refractivity contribution in [1.29, 1.82) is 0 Å². The molecule has 60 heavy (non-hydrogen) atoms. The Morgan fingerprint density at radius 3 is 1.43 bits per heavy atom. The number of esters is 5. The molecular formula is C44H50O16. The fourth-order valence-electron chi connectivity index (χ4n) is 8.65. The van der Waals surface area contributed by atoms with Crippen molar-refractivity contribution in [3.05, 3.63) is 94.9 Å². The van der Waals surface area contributed by atoms with Crippen LogP contribution in [0.15, 0.2) is 94.9 Å². The van der Waals surface area contributed by atoms with E-state index in [1.807, 2.05) is 27.7 Å². The van der Waals surface area contributed by atoms with Crippen molar-refractivity contribution in [2.24, 2.45) is 23.7 Å². The largest absolute Gasteiger partial charge is 0.480 e. The average molecular weight is 835 g/mol. The van der Waals surface area contributed by atoms with E-state index in [0.717, 1.165) is 25.7 Å². The molecule has 4 aliphatic heterocycles. The maximum atomic E-state index is 13.0. The molecule has 5 fully saturated rings. The van der Waals surface area contributed by atoms with Gasteiger partial charge in [0, 0.05) is 50.4 Å². The van der Waals surface area contributed by atoms with Crippen LogP contribution < -0.4 is 0 Å². The predicted molar refractivity (Wildman–Crippen MR) is 206 cm³/mol. The Labute approximate surface area is 346 Å². The molecule has 3 N–H and O–H groups in total. The van der Waals surface area contributed by atoms with Gasteiger partial charge in [0.25, 0.3) is 29.3 Å². The van der Waals surface area contributed by atoms with Gasteiger partial charge in [-0.15, -0.1) is 0 Å². The van der Waals surface area contributed by atoms with Crippen molar-refractivity contribution < 1.29 is 77.2 Å². The molecule has 0 aromatic heterocycles. The van der Waals surface area contributed by atoms with Gasteiger partial charge in [-0.25, -0.2) is 24.0 Å². The molecule has 4 spiro atoms. The monoisotopic (exact) mass is 834 g/mol. The normalized spacial score (nSPS) is 38.3. The Morgan fingerprint density at radius 1 is 0.517 bits per heavy atom. The number of hydrogen-bond acceptors (Lipinski definition) is 16. The first-order valence-corrected chi connectivity index (χ1v) is 20.3. The Morgan fingerprint density at radius 2 is 0.967 bits per heavy atom. The first-order valence-electron chi connectivity index (χ1n) is 20.3. The molecule has 0 bridgehead atoms. The number of ether oxygens (including phenoxy) is 8. The van der Waals surface area contributed by atoms with E-state index < -0.39 is 71.2 Å². The van der Waals surface area contributed by atoms with Crippen LogP contribution in [0.3, 0.4) is 0 Å². The molecule has 7 atom stereocenters. The minimum atomic E-state index is -1.68. The number of rotatable bonds is 6. The van der Waals surface area contributed by atoms with E-state index in [0.29, 0.717) is 12.8 Å². The Balaban J connectivity index is 0.902. The molecule has 0 aromatic carbocycles. The summed E-state index contributed by atoms with van der Waals surface area (Å²) in [6.07, 6.45) is 15.9. The molecule has 7 aliphatic rings. The van der Waals surface area contributed by atoms with Gasteiger partial charge in [0.15, 0.2) is 6.29 Å². The molecule has 0 aromatic rings. The SMILES string of the molecule is CC1CCC(C)C2(C1)OC(=O)C(/C=C/C=C/C=C1C(=O)OC3(CCC4(CC3)OC(=O)/C(=C/C=C/C=C/C3=C(O)OC5(CC(C)CCC5C)OC3=O)C(O)O4)OC1=O)=C(O)O2. The lowest BCUT2D eigenvalue weighted by Gasteiger charge is -2.47. The smallest absolute Gasteiger partial charge is 0.348 e. The second-order valence-electron chi connectivity index (χ2n) is 16.8. The van der Waals surface area contributed by atoms with E-state index in [1.54, 1.807) is 0 Å². The summed E-state index contributed by atoms with van der Waals surface area (Å²) >= 11 is 0. The van der Waals surface area contributed by atoms with Gasteiger partial charge >= 0.3 is 29.8 Å². The van der Waals surface area contributed by atoms with Gasteiger partial charge in [-0.05, 0) is 61.8 Å². The van der Waals surface area contributed by atoms with Gasteiger partial charge in [-0.3, -0.25) is 0 Å². The molecule has 0 amide bonds. The highest BCUT2D eigenvalue weighted by atomic mass is 16.8. The van der Waals surface area contributed by atoms with Crippen LogP contribution in [0.4, 0.5) is 0 Å². The number of aliphatic hydroxyl groups excluding tert-OH is 3. The van der Waals surface area contributed by atoms with Crippen LogP contribution in [0.25, 0.3) is 0 Å². The van der Waals surface area contributed by atoms with Crippen LogP contribution in [0.2, 0.25) is 0 Å². The highest BCUT2D eigenvalue weighted by Crippen LogP contribution is 2.47. The van der Waals surface area contributed by atoms with Crippen LogP contribution in [0.5, 0.6) is 0 Å². The molecule has 3 saturated carbocycles. The van der Waals surface area contributed by atoms with E-state index in [1.165, 1.54) is 60.8 Å². The Hall–Kier alpha value is -5.61. The highest BCUT2D eigenvalue weighted by molar-refractivity contribution is 6.15. The van der Waals surface area contributed by atoms with E-state index in [-0.39, 0.29) is 71.6 Å². The molecule has 2 saturated heterocycles. The van der Waals surface area contributed by atoms with Crippen molar-refractivity contribution in [2.75, 3.05) is 0 Å². The van der Waals surface area contributed by atoms with Crippen LogP contribution in [-0.4, -0.2) is 74.6 Å². The quantitative estimate of drug-likeness (QED) is 0.0917. The topological polar surface area (TPSA) is 220 Å². The van der Waals surface area contributed by atoms with Gasteiger partial charge in [-0.1, -0.05) is 64.2 Å². The standard InChI is InChI=1S/C44H50O16/c1-25-15-17-27(3)43(23-25)57-37(49)31(38(50)58-43)13-9-5-7-11-29-33(45)53-41(54-34(29)46)19-21-42(22-20-41)55-35(47)30(36(48)56-42)12-8-6-10-14-32-39(51)59-44(60-40(32)52)24-26(2)16-18-28(44)4/h5-14,25-28,33,45,49,51H,15-24H2,1-4H3/b7-5+,8-6+,13-9+,14-10+,29-11+,30-12?. The summed E-state index contributed by atoms with van der Waals surface area (Å²) in [5.74, 6) is -10.5. The summed E-state index contributed by atoms with van der Waals surface area (Å²) in [6, 6.07) is 0. The lowest BCUT2D eigenvalue weighted by Crippen LogP contribution is -2.56. The Bertz CT molecular complexity index is 2030. The lowest BCUT2D eigenvalue weighted by molar-refractivity contribution is -0.331. The molecule has 4 heterocycles. The van der Waals surface area contributed by atoms with Crippen LogP contribution in [0.1, 0.15) is 91.9 Å². The molecule has 7 rings (SSSR count). The van der Waals surface area contributed by atoms with Crippen LogP contribution in [-0.2, 0) is 61.9 Å². The maximum absolute atomic E-state index is 13.0. The third kappa shape index (κ3) is 8.39. The van der Waals surface area contributed by atoms with E-state index in [4.69, 9.17) is 37.9 Å². The molecule has 322 valence electrons. The fourth-order valence-corrected chi connectivity index (χ4v) is 8.65. The number of allylic oxidation sites excluding steroid dienone is 8. The second kappa shape index (κ2) is 16.4. The first-order chi connectivity index (χ1) is 28.5. The lowest BCUT2D eigenvalue weighted by atomic mass is 9.78. The van der Waals surface area contributed by atoms with Crippen LogP contribution in [0, 0.1) is 23.7 Å². The summed E-state index contributed by atoms with van der Waals surface area (Å²) in [7, 11) is 0. The minimum Gasteiger partial charge on any atom is -0.480 e. The van der Waals surface area contributed by atoms with Crippen molar-refractivity contribution in [1.82, 2.24) is 0 Å². The zero-order chi connectivity index (χ0) is 43.0.